The van der Waals surface area contributed by atoms with Crippen LogP contribution in [0.1, 0.15) is 11.1 Å². The van der Waals surface area contributed by atoms with Gasteiger partial charge in [-0.1, -0.05) is 17.8 Å². The van der Waals surface area contributed by atoms with Crippen LogP contribution in [0.25, 0.3) is 11.1 Å². The number of nitrogens with zero attached hydrogens (tertiary/aromatic N) is 1. The van der Waals surface area contributed by atoms with E-state index < -0.39 is 0 Å². The van der Waals surface area contributed by atoms with E-state index in [2.05, 4.69) is 4.98 Å². The third kappa shape index (κ3) is 2.63. The van der Waals surface area contributed by atoms with E-state index >= 15 is 0 Å². The molecule has 3 rings (SSSR count). The minimum Gasteiger partial charge on any atom is -0.431 e. The molecule has 2 N–H and O–H groups in total. The van der Waals surface area contributed by atoms with Gasteiger partial charge in [-0.2, -0.15) is 0 Å². The fraction of sp³-hybridized carbons (Fsp3) is 0.133. The van der Waals surface area contributed by atoms with E-state index in [1.54, 1.807) is 18.2 Å². The second-order valence-electron chi connectivity index (χ2n) is 4.57. The quantitative estimate of drug-likeness (QED) is 0.581. The molecular weight excluding hydrogens is 275 g/mol. The Morgan fingerprint density at radius 3 is 2.90 bits per heavy atom. The summed E-state index contributed by atoms with van der Waals surface area (Å²) in [6.07, 6.45) is 0. The number of nitrogens with two attached hydrogens (primary N) is 1. The fourth-order valence-corrected chi connectivity index (χ4v) is 2.86. The molecule has 2 aromatic carbocycles. The van der Waals surface area contributed by atoms with Crippen LogP contribution in [0.2, 0.25) is 0 Å². The molecule has 5 heteroatoms. The van der Waals surface area contributed by atoms with Crippen LogP contribution < -0.4 is 5.73 Å². The van der Waals surface area contributed by atoms with E-state index in [9.17, 15) is 4.39 Å². The molecule has 0 aliphatic carbocycles. The molecule has 1 aromatic heterocycles. The number of aromatic nitrogens is 1. The molecule has 0 spiro atoms. The van der Waals surface area contributed by atoms with E-state index in [0.29, 0.717) is 22.2 Å². The van der Waals surface area contributed by atoms with Crippen molar-refractivity contribution in [3.05, 3.63) is 53.3 Å². The first kappa shape index (κ1) is 13.0. The van der Waals surface area contributed by atoms with Gasteiger partial charge in [-0.05, 0) is 42.3 Å². The van der Waals surface area contributed by atoms with Crippen molar-refractivity contribution in [3.63, 3.8) is 0 Å². The molecule has 3 aromatic rings. The normalized spacial score (nSPS) is 11.1. The Hall–Kier alpha value is -2.01. The Labute approximate surface area is 120 Å². The molecule has 102 valence electrons. The number of nitrogen functional groups attached to an aromatic ring is 1. The van der Waals surface area contributed by atoms with E-state index in [1.165, 1.54) is 23.9 Å². The maximum atomic E-state index is 13.0. The molecule has 0 fully saturated rings. The lowest BCUT2D eigenvalue weighted by Gasteiger charge is -2.03. The second-order valence-corrected chi connectivity index (χ2v) is 5.49. The van der Waals surface area contributed by atoms with Crippen LogP contribution in [0.4, 0.5) is 10.1 Å². The summed E-state index contributed by atoms with van der Waals surface area (Å²) in [5.41, 5.74) is 9.82. The summed E-state index contributed by atoms with van der Waals surface area (Å²) in [5.74, 6) is 0.475. The molecule has 1 heterocycles. The van der Waals surface area contributed by atoms with Crippen LogP contribution >= 0.6 is 11.8 Å². The first-order valence-electron chi connectivity index (χ1n) is 6.16. The standard InChI is InChI=1S/C15H13FN2OS/c1-9-6-11(16)3-2-10(9)8-20-15-18-13-5-4-12(17)7-14(13)19-15/h2-7H,8,17H2,1H3. The minimum absolute atomic E-state index is 0.214. The van der Waals surface area contributed by atoms with Gasteiger partial charge in [0.05, 0.1) is 0 Å². The third-order valence-electron chi connectivity index (χ3n) is 3.05. The monoisotopic (exact) mass is 288 g/mol. The summed E-state index contributed by atoms with van der Waals surface area (Å²) in [6.45, 7) is 1.89. The zero-order valence-electron chi connectivity index (χ0n) is 10.9. The molecule has 0 bridgehead atoms. The summed E-state index contributed by atoms with van der Waals surface area (Å²) in [6, 6.07) is 10.2. The minimum atomic E-state index is -0.214. The first-order valence-corrected chi connectivity index (χ1v) is 7.14. The fourth-order valence-electron chi connectivity index (χ4n) is 1.94. The zero-order chi connectivity index (χ0) is 14.1. The lowest BCUT2D eigenvalue weighted by atomic mass is 10.1. The number of hydrogen-bond donors (Lipinski definition) is 1. The molecule has 20 heavy (non-hydrogen) atoms. The molecular formula is C15H13FN2OS. The SMILES string of the molecule is Cc1cc(F)ccc1CSc1nc2ccc(N)cc2o1. The van der Waals surface area contributed by atoms with E-state index in [4.69, 9.17) is 10.2 Å². The van der Waals surface area contributed by atoms with Crippen molar-refractivity contribution in [2.45, 2.75) is 17.9 Å². The Morgan fingerprint density at radius 2 is 2.10 bits per heavy atom. The summed E-state index contributed by atoms with van der Waals surface area (Å²) in [5, 5.41) is 0.592. The number of aryl methyl sites for hydroxylation is 1. The highest BCUT2D eigenvalue weighted by atomic mass is 32.2. The molecule has 0 amide bonds. The van der Waals surface area contributed by atoms with Gasteiger partial charge in [0.15, 0.2) is 5.58 Å². The number of oxazole rings is 1. The second kappa shape index (κ2) is 5.17. The zero-order valence-corrected chi connectivity index (χ0v) is 11.7. The molecule has 0 saturated heterocycles. The van der Waals surface area contributed by atoms with Gasteiger partial charge in [0.25, 0.3) is 5.22 Å². The van der Waals surface area contributed by atoms with Crippen molar-refractivity contribution in [1.82, 2.24) is 4.98 Å². The van der Waals surface area contributed by atoms with E-state index in [1.807, 2.05) is 13.0 Å². The summed E-state index contributed by atoms with van der Waals surface area (Å²) in [7, 11) is 0. The smallest absolute Gasteiger partial charge is 0.257 e. The van der Waals surface area contributed by atoms with Crippen LogP contribution in [0.15, 0.2) is 46.0 Å². The van der Waals surface area contributed by atoms with Gasteiger partial charge in [-0.3, -0.25) is 0 Å². The molecule has 0 saturated carbocycles. The molecule has 0 atom stereocenters. The average Bonchev–Trinajstić information content (AvgIpc) is 2.79. The predicted octanol–water partition coefficient (Wildman–Crippen LogP) is 4.15. The highest BCUT2D eigenvalue weighted by molar-refractivity contribution is 7.98. The highest BCUT2D eigenvalue weighted by Gasteiger charge is 2.08. The summed E-state index contributed by atoms with van der Waals surface area (Å²) >= 11 is 1.48. The predicted molar refractivity (Wildman–Crippen MR) is 79.1 cm³/mol. The van der Waals surface area contributed by atoms with Crippen molar-refractivity contribution in [1.29, 1.82) is 0 Å². The van der Waals surface area contributed by atoms with Crippen molar-refractivity contribution >= 4 is 28.5 Å². The highest BCUT2D eigenvalue weighted by Crippen LogP contribution is 2.28. The lowest BCUT2D eigenvalue weighted by Crippen LogP contribution is -1.87. The van der Waals surface area contributed by atoms with Crippen LogP contribution in [-0.2, 0) is 5.75 Å². The molecule has 0 aliphatic heterocycles. The summed E-state index contributed by atoms with van der Waals surface area (Å²) < 4.78 is 18.7. The number of fused-ring (bicyclic) bond motifs is 1. The average molecular weight is 288 g/mol. The Kier molecular flexibility index (Phi) is 3.36. The van der Waals surface area contributed by atoms with Gasteiger partial charge in [-0.25, -0.2) is 9.37 Å². The largest absolute Gasteiger partial charge is 0.431 e. The van der Waals surface area contributed by atoms with Crippen LogP contribution in [-0.4, -0.2) is 4.98 Å². The first-order chi connectivity index (χ1) is 9.61. The summed E-state index contributed by atoms with van der Waals surface area (Å²) in [4.78, 5) is 4.38. The number of anilines is 1. The van der Waals surface area contributed by atoms with Crippen molar-refractivity contribution in [3.8, 4) is 0 Å². The molecule has 3 nitrogen and oxygen atoms in total. The number of hydrogen-bond acceptors (Lipinski definition) is 4. The van der Waals surface area contributed by atoms with Crippen molar-refractivity contribution in [2.24, 2.45) is 0 Å². The Bertz CT molecular complexity index is 770. The van der Waals surface area contributed by atoms with Gasteiger partial charge in [0.2, 0.25) is 0 Å². The molecule has 0 radical (unpaired) electrons. The number of thioether (sulfide) groups is 1. The van der Waals surface area contributed by atoms with Gasteiger partial charge < -0.3 is 10.2 Å². The molecule has 0 unspecified atom stereocenters. The van der Waals surface area contributed by atoms with Gasteiger partial charge in [0.1, 0.15) is 11.3 Å². The topological polar surface area (TPSA) is 52.0 Å². The number of halogens is 1. The van der Waals surface area contributed by atoms with Crippen LogP contribution in [0, 0.1) is 12.7 Å². The van der Waals surface area contributed by atoms with Gasteiger partial charge in [-0.15, -0.1) is 0 Å². The Balaban J connectivity index is 1.79. The third-order valence-corrected chi connectivity index (χ3v) is 3.93. The maximum Gasteiger partial charge on any atom is 0.257 e. The Morgan fingerprint density at radius 1 is 1.25 bits per heavy atom. The van der Waals surface area contributed by atoms with Crippen LogP contribution in [0.3, 0.4) is 0 Å². The number of benzene rings is 2. The van der Waals surface area contributed by atoms with Gasteiger partial charge in [0, 0.05) is 17.5 Å². The van der Waals surface area contributed by atoms with Crippen molar-refractivity contribution < 1.29 is 8.81 Å². The van der Waals surface area contributed by atoms with Crippen molar-refractivity contribution in [2.75, 3.05) is 5.73 Å². The lowest BCUT2D eigenvalue weighted by molar-refractivity contribution is 0.489. The van der Waals surface area contributed by atoms with Gasteiger partial charge >= 0.3 is 0 Å². The number of rotatable bonds is 3. The van der Waals surface area contributed by atoms with E-state index in [0.717, 1.165) is 16.6 Å². The van der Waals surface area contributed by atoms with Crippen LogP contribution in [0.5, 0.6) is 0 Å². The van der Waals surface area contributed by atoms with E-state index in [-0.39, 0.29) is 5.82 Å². The molecule has 0 aliphatic rings. The maximum absolute atomic E-state index is 13.0.